The molecule has 0 unspecified atom stereocenters. The van der Waals surface area contributed by atoms with Crippen molar-refractivity contribution in [3.63, 3.8) is 0 Å². The predicted octanol–water partition coefficient (Wildman–Crippen LogP) is -0.624. The lowest BCUT2D eigenvalue weighted by atomic mass is 9.75. The average Bonchev–Trinajstić information content (AvgIpc) is 2.76. The van der Waals surface area contributed by atoms with Crippen molar-refractivity contribution in [1.82, 2.24) is 0 Å². The van der Waals surface area contributed by atoms with Gasteiger partial charge in [-0.15, -0.1) is 0 Å². The van der Waals surface area contributed by atoms with E-state index in [9.17, 15) is 19.4 Å². The summed E-state index contributed by atoms with van der Waals surface area (Å²) in [6.07, 6.45) is -1.31. The Bertz CT molecular complexity index is 385. The molecule has 0 aliphatic heterocycles. The van der Waals surface area contributed by atoms with E-state index in [0.717, 1.165) is 0 Å². The summed E-state index contributed by atoms with van der Waals surface area (Å²) in [4.78, 5) is 11.4. The molecule has 0 saturated heterocycles. The molecule has 2 aliphatic rings. The second-order valence-electron chi connectivity index (χ2n) is 6.15. The molecule has 0 bridgehead atoms. The van der Waals surface area contributed by atoms with Crippen molar-refractivity contribution in [2.45, 2.75) is 49.8 Å². The SMILES string of the molecule is N[C@@]1(C(=O)O)C[C@H]2C[C@@H](O)[C@H](F)[C@H]2[C@@H]1CCCB(O)O. The number of carbonyl (C=O) groups is 1. The second kappa shape index (κ2) is 5.59. The Balaban J connectivity index is 2.14. The average molecular weight is 289 g/mol. The normalized spacial score (nSPS) is 43.5. The van der Waals surface area contributed by atoms with Crippen LogP contribution in [0.15, 0.2) is 0 Å². The van der Waals surface area contributed by atoms with Gasteiger partial charge in [-0.05, 0) is 37.4 Å². The maximum absolute atomic E-state index is 14.1. The first-order valence-electron chi connectivity index (χ1n) is 6.98. The van der Waals surface area contributed by atoms with Crippen molar-refractivity contribution in [2.75, 3.05) is 0 Å². The summed E-state index contributed by atoms with van der Waals surface area (Å²) in [6.45, 7) is 0. The third-order valence-electron chi connectivity index (χ3n) is 4.93. The number of carboxylic acids is 1. The van der Waals surface area contributed by atoms with Crippen LogP contribution < -0.4 is 5.73 Å². The Morgan fingerprint density at radius 2 is 2.10 bits per heavy atom. The van der Waals surface area contributed by atoms with Gasteiger partial charge < -0.3 is 26.0 Å². The third kappa shape index (κ3) is 2.57. The van der Waals surface area contributed by atoms with E-state index < -0.39 is 42.7 Å². The van der Waals surface area contributed by atoms with Gasteiger partial charge in [-0.3, -0.25) is 4.79 Å². The Hall–Kier alpha value is -0.695. The van der Waals surface area contributed by atoms with Gasteiger partial charge in [0.25, 0.3) is 0 Å². The molecule has 8 heteroatoms. The van der Waals surface area contributed by atoms with Gasteiger partial charge >= 0.3 is 13.1 Å². The molecule has 2 aliphatic carbocycles. The molecule has 6 nitrogen and oxygen atoms in total. The number of aliphatic hydroxyl groups excluding tert-OH is 1. The quantitative estimate of drug-likeness (QED) is 0.430. The third-order valence-corrected chi connectivity index (χ3v) is 4.93. The number of fused-ring (bicyclic) bond motifs is 1. The van der Waals surface area contributed by atoms with E-state index in [1.165, 1.54) is 0 Å². The first kappa shape index (κ1) is 15.7. The number of hydrogen-bond donors (Lipinski definition) is 5. The van der Waals surface area contributed by atoms with Crippen molar-refractivity contribution >= 4 is 13.1 Å². The number of alkyl halides is 1. The first-order valence-corrected chi connectivity index (χ1v) is 6.98. The van der Waals surface area contributed by atoms with Crippen molar-refractivity contribution in [3.8, 4) is 0 Å². The number of halogens is 1. The molecule has 0 amide bonds. The highest BCUT2D eigenvalue weighted by Gasteiger charge is 2.61. The minimum atomic E-state index is -1.49. The minimum Gasteiger partial charge on any atom is -0.480 e. The van der Waals surface area contributed by atoms with E-state index in [0.29, 0.717) is 12.8 Å². The molecule has 0 spiro atoms. The van der Waals surface area contributed by atoms with E-state index in [4.69, 9.17) is 15.8 Å². The van der Waals surface area contributed by atoms with Gasteiger partial charge in [0.2, 0.25) is 0 Å². The summed E-state index contributed by atoms with van der Waals surface area (Å²) in [5, 5.41) is 36.6. The van der Waals surface area contributed by atoms with E-state index in [2.05, 4.69) is 0 Å². The predicted molar refractivity (Wildman–Crippen MR) is 69.4 cm³/mol. The molecule has 0 aromatic carbocycles. The van der Waals surface area contributed by atoms with Crippen LogP contribution in [-0.4, -0.2) is 51.2 Å². The fourth-order valence-electron chi connectivity index (χ4n) is 4.03. The van der Waals surface area contributed by atoms with Crippen LogP contribution in [0.1, 0.15) is 25.7 Å². The maximum Gasteiger partial charge on any atom is 0.451 e. The summed E-state index contributed by atoms with van der Waals surface area (Å²) in [6, 6.07) is 0. The lowest BCUT2D eigenvalue weighted by Crippen LogP contribution is -2.53. The van der Waals surface area contributed by atoms with Crippen LogP contribution in [0, 0.1) is 17.8 Å². The van der Waals surface area contributed by atoms with Crippen molar-refractivity contribution in [3.05, 3.63) is 0 Å². The molecule has 114 valence electrons. The molecule has 6 atom stereocenters. The number of nitrogens with two attached hydrogens (primary N) is 1. The lowest BCUT2D eigenvalue weighted by molar-refractivity contribution is -0.145. The van der Waals surface area contributed by atoms with E-state index in [-0.39, 0.29) is 25.1 Å². The Morgan fingerprint density at radius 3 is 2.65 bits per heavy atom. The summed E-state index contributed by atoms with van der Waals surface area (Å²) in [5.74, 6) is -2.51. The van der Waals surface area contributed by atoms with Gasteiger partial charge in [-0.25, -0.2) is 4.39 Å². The molecule has 20 heavy (non-hydrogen) atoms. The second-order valence-corrected chi connectivity index (χ2v) is 6.15. The van der Waals surface area contributed by atoms with Crippen LogP contribution in [0.4, 0.5) is 4.39 Å². The van der Waals surface area contributed by atoms with Crippen molar-refractivity contribution in [2.24, 2.45) is 23.5 Å². The number of aliphatic carboxylic acids is 1. The van der Waals surface area contributed by atoms with Gasteiger partial charge in [0, 0.05) is 5.92 Å². The molecular weight excluding hydrogens is 268 g/mol. The van der Waals surface area contributed by atoms with Crippen LogP contribution in [0.5, 0.6) is 0 Å². The van der Waals surface area contributed by atoms with Crippen LogP contribution in [0.3, 0.4) is 0 Å². The van der Waals surface area contributed by atoms with Gasteiger partial charge in [-0.1, -0.05) is 6.42 Å². The summed E-state index contributed by atoms with van der Waals surface area (Å²) in [7, 11) is -1.46. The molecule has 2 rings (SSSR count). The Morgan fingerprint density at radius 1 is 1.45 bits per heavy atom. The number of rotatable bonds is 5. The smallest absolute Gasteiger partial charge is 0.451 e. The molecule has 2 fully saturated rings. The van der Waals surface area contributed by atoms with Gasteiger partial charge in [0.1, 0.15) is 11.7 Å². The number of carboxylic acid groups (broad SMARTS) is 1. The zero-order valence-electron chi connectivity index (χ0n) is 11.2. The highest BCUT2D eigenvalue weighted by molar-refractivity contribution is 6.40. The zero-order valence-corrected chi connectivity index (χ0v) is 11.2. The van der Waals surface area contributed by atoms with E-state index >= 15 is 0 Å². The first-order chi connectivity index (χ1) is 9.27. The fourth-order valence-corrected chi connectivity index (χ4v) is 4.03. The largest absolute Gasteiger partial charge is 0.480 e. The molecular formula is C12H21BFNO5. The summed E-state index contributed by atoms with van der Waals surface area (Å²) in [5.41, 5.74) is 4.50. The Labute approximate surface area is 116 Å². The lowest BCUT2D eigenvalue weighted by Gasteiger charge is -2.31. The van der Waals surface area contributed by atoms with Crippen molar-refractivity contribution < 1.29 is 29.4 Å². The molecule has 0 aromatic heterocycles. The van der Waals surface area contributed by atoms with Crippen LogP contribution >= 0.6 is 0 Å². The monoisotopic (exact) mass is 289 g/mol. The number of aliphatic hydroxyl groups is 1. The van der Waals surface area contributed by atoms with Gasteiger partial charge in [0.15, 0.2) is 0 Å². The van der Waals surface area contributed by atoms with E-state index in [1.807, 2.05) is 0 Å². The maximum atomic E-state index is 14.1. The highest BCUT2D eigenvalue weighted by Crippen LogP contribution is 2.54. The topological polar surface area (TPSA) is 124 Å². The van der Waals surface area contributed by atoms with Gasteiger partial charge in [0.05, 0.1) is 6.10 Å². The zero-order chi connectivity index (χ0) is 15.1. The summed E-state index contributed by atoms with van der Waals surface area (Å²) < 4.78 is 14.1. The molecule has 6 N–H and O–H groups in total. The molecule has 0 radical (unpaired) electrons. The standard InChI is InChI=1S/C12H21BFNO5/c14-10-8(16)4-6-5-12(15,11(17)18)7(9(6)10)2-1-3-13(19)20/h6-10,16,19-20H,1-5,15H2,(H,17,18)/t6-,7+,8-,9-,10+,12+/m1/s1. The Kier molecular flexibility index (Phi) is 4.39. The minimum absolute atomic E-state index is 0.100. The van der Waals surface area contributed by atoms with Gasteiger partial charge in [-0.2, -0.15) is 0 Å². The van der Waals surface area contributed by atoms with E-state index in [1.54, 1.807) is 0 Å². The molecule has 2 saturated carbocycles. The highest BCUT2D eigenvalue weighted by atomic mass is 19.1. The molecule has 0 aromatic rings. The van der Waals surface area contributed by atoms with Crippen LogP contribution in [0.25, 0.3) is 0 Å². The fraction of sp³-hybridized carbons (Fsp3) is 0.917. The van der Waals surface area contributed by atoms with Crippen LogP contribution in [0.2, 0.25) is 6.32 Å². The van der Waals surface area contributed by atoms with Crippen molar-refractivity contribution in [1.29, 1.82) is 0 Å². The molecule has 0 heterocycles. The number of hydrogen-bond acceptors (Lipinski definition) is 5. The van der Waals surface area contributed by atoms with Crippen LogP contribution in [-0.2, 0) is 4.79 Å². The summed E-state index contributed by atoms with van der Waals surface area (Å²) >= 11 is 0.